The van der Waals surface area contributed by atoms with Gasteiger partial charge in [0, 0.05) is 25.2 Å². The lowest BCUT2D eigenvalue weighted by atomic mass is 9.93. The molecular weight excluding hydrogens is 272 g/mol. The van der Waals surface area contributed by atoms with Crippen molar-refractivity contribution in [3.05, 3.63) is 33.7 Å². The minimum absolute atomic E-state index is 0.123. The van der Waals surface area contributed by atoms with Gasteiger partial charge in [-0.05, 0) is 44.2 Å². The zero-order valence-electron chi connectivity index (χ0n) is 12.1. The second-order valence-corrected chi connectivity index (χ2v) is 5.58. The summed E-state index contributed by atoms with van der Waals surface area (Å²) >= 11 is 0. The fraction of sp³-hybridized carbons (Fsp3) is 0.533. The standard InChI is InChI=1S/C15H20N2O4/c1-10-4-6-12(14(20)16-10)15(21)17-8-2-3-11(9-17)5-7-13(18)19/h4,6,11H,2-3,5,7-9H2,1H3,(H,16,20)(H,18,19). The van der Waals surface area contributed by atoms with Crippen LogP contribution >= 0.6 is 0 Å². The summed E-state index contributed by atoms with van der Waals surface area (Å²) in [5.74, 6) is -0.881. The van der Waals surface area contributed by atoms with Gasteiger partial charge in [0.1, 0.15) is 5.56 Å². The number of amides is 1. The number of aliphatic carboxylic acids is 1. The number of hydrogen-bond acceptors (Lipinski definition) is 3. The molecule has 2 rings (SSSR count). The summed E-state index contributed by atoms with van der Waals surface area (Å²) in [7, 11) is 0. The number of aromatic amines is 1. The fourth-order valence-corrected chi connectivity index (χ4v) is 2.72. The highest BCUT2D eigenvalue weighted by Crippen LogP contribution is 2.22. The summed E-state index contributed by atoms with van der Waals surface area (Å²) in [4.78, 5) is 39.2. The lowest BCUT2D eigenvalue weighted by Crippen LogP contribution is -2.42. The minimum Gasteiger partial charge on any atom is -0.481 e. The summed E-state index contributed by atoms with van der Waals surface area (Å²) in [5.41, 5.74) is 0.502. The summed E-state index contributed by atoms with van der Waals surface area (Å²) in [6, 6.07) is 3.26. The Labute approximate surface area is 122 Å². The molecule has 2 heterocycles. The van der Waals surface area contributed by atoms with E-state index in [-0.39, 0.29) is 29.4 Å². The van der Waals surface area contributed by atoms with Crippen LogP contribution in [0.2, 0.25) is 0 Å². The second kappa shape index (κ2) is 6.56. The highest BCUT2D eigenvalue weighted by atomic mass is 16.4. The Morgan fingerprint density at radius 1 is 1.43 bits per heavy atom. The van der Waals surface area contributed by atoms with Crippen molar-refractivity contribution < 1.29 is 14.7 Å². The number of carboxylic acid groups (broad SMARTS) is 1. The van der Waals surface area contributed by atoms with Crippen LogP contribution in [0.3, 0.4) is 0 Å². The van der Waals surface area contributed by atoms with Gasteiger partial charge >= 0.3 is 5.97 Å². The smallest absolute Gasteiger partial charge is 0.303 e. The van der Waals surface area contributed by atoms with Crippen LogP contribution in [-0.2, 0) is 4.79 Å². The number of rotatable bonds is 4. The van der Waals surface area contributed by atoms with Crippen LogP contribution in [0.4, 0.5) is 0 Å². The number of nitrogens with one attached hydrogen (secondary N) is 1. The fourth-order valence-electron chi connectivity index (χ4n) is 2.72. The quantitative estimate of drug-likeness (QED) is 0.877. The average molecular weight is 292 g/mol. The average Bonchev–Trinajstić information content (AvgIpc) is 2.45. The largest absolute Gasteiger partial charge is 0.481 e. The van der Waals surface area contributed by atoms with Crippen LogP contribution < -0.4 is 5.56 Å². The van der Waals surface area contributed by atoms with Gasteiger partial charge in [0.05, 0.1) is 0 Å². The van der Waals surface area contributed by atoms with E-state index in [2.05, 4.69) is 4.98 Å². The molecule has 1 aromatic rings. The lowest BCUT2D eigenvalue weighted by Gasteiger charge is -2.32. The molecule has 1 aromatic heterocycles. The van der Waals surface area contributed by atoms with Gasteiger partial charge in [-0.25, -0.2) is 0 Å². The maximum Gasteiger partial charge on any atom is 0.303 e. The number of hydrogen-bond donors (Lipinski definition) is 2. The Kier molecular flexibility index (Phi) is 4.77. The minimum atomic E-state index is -0.812. The van der Waals surface area contributed by atoms with E-state index >= 15 is 0 Å². The van der Waals surface area contributed by atoms with Gasteiger partial charge in [-0.2, -0.15) is 0 Å². The van der Waals surface area contributed by atoms with Gasteiger partial charge in [-0.3, -0.25) is 14.4 Å². The van der Waals surface area contributed by atoms with Crippen LogP contribution in [0.1, 0.15) is 41.7 Å². The number of aryl methyl sites for hydroxylation is 1. The lowest BCUT2D eigenvalue weighted by molar-refractivity contribution is -0.137. The zero-order chi connectivity index (χ0) is 15.4. The number of aromatic nitrogens is 1. The molecule has 0 aliphatic carbocycles. The van der Waals surface area contributed by atoms with E-state index in [1.807, 2.05) is 0 Å². The molecule has 0 saturated carbocycles. The Morgan fingerprint density at radius 3 is 2.86 bits per heavy atom. The molecule has 0 spiro atoms. The highest BCUT2D eigenvalue weighted by Gasteiger charge is 2.26. The van der Waals surface area contributed by atoms with Crippen LogP contribution in [0, 0.1) is 12.8 Å². The topological polar surface area (TPSA) is 90.5 Å². The van der Waals surface area contributed by atoms with E-state index in [0.29, 0.717) is 19.5 Å². The van der Waals surface area contributed by atoms with Crippen LogP contribution in [0.15, 0.2) is 16.9 Å². The third-order valence-corrected chi connectivity index (χ3v) is 3.86. The van der Waals surface area contributed by atoms with Crippen LogP contribution in [0.5, 0.6) is 0 Å². The van der Waals surface area contributed by atoms with Crippen molar-refractivity contribution in [3.8, 4) is 0 Å². The Hall–Kier alpha value is -2.11. The first-order valence-electron chi connectivity index (χ1n) is 7.18. The van der Waals surface area contributed by atoms with Crippen molar-refractivity contribution in [2.24, 2.45) is 5.92 Å². The first kappa shape index (κ1) is 15.3. The summed E-state index contributed by atoms with van der Waals surface area (Å²) in [5, 5.41) is 8.73. The van der Waals surface area contributed by atoms with E-state index in [4.69, 9.17) is 5.11 Å². The summed E-state index contributed by atoms with van der Waals surface area (Å²) in [6.45, 7) is 2.91. The molecule has 1 fully saturated rings. The maximum atomic E-state index is 12.4. The predicted molar refractivity (Wildman–Crippen MR) is 77.3 cm³/mol. The summed E-state index contributed by atoms with van der Waals surface area (Å²) in [6.07, 6.45) is 2.47. The number of pyridine rings is 1. The van der Waals surface area contributed by atoms with Gasteiger partial charge in [0.25, 0.3) is 11.5 Å². The number of carboxylic acids is 1. The molecule has 0 aromatic carbocycles. The van der Waals surface area contributed by atoms with Crippen LogP contribution in [0.25, 0.3) is 0 Å². The molecule has 0 radical (unpaired) electrons. The number of carbonyl (C=O) groups excluding carboxylic acids is 1. The molecule has 114 valence electrons. The number of carbonyl (C=O) groups is 2. The zero-order valence-corrected chi connectivity index (χ0v) is 12.1. The third-order valence-electron chi connectivity index (χ3n) is 3.86. The van der Waals surface area contributed by atoms with Crippen LogP contribution in [-0.4, -0.2) is 40.0 Å². The number of likely N-dealkylation sites (tertiary alicyclic amines) is 1. The van der Waals surface area contributed by atoms with E-state index in [1.165, 1.54) is 0 Å². The van der Waals surface area contributed by atoms with E-state index in [9.17, 15) is 14.4 Å². The molecule has 6 heteroatoms. The molecule has 1 aliphatic rings. The molecule has 1 aliphatic heterocycles. The van der Waals surface area contributed by atoms with E-state index < -0.39 is 5.97 Å². The van der Waals surface area contributed by atoms with Gasteiger partial charge in [0.15, 0.2) is 0 Å². The molecule has 1 amide bonds. The SMILES string of the molecule is Cc1ccc(C(=O)N2CCCC(CCC(=O)O)C2)c(=O)[nH]1. The maximum absolute atomic E-state index is 12.4. The predicted octanol–water partition coefficient (Wildman–Crippen LogP) is 1.40. The van der Waals surface area contributed by atoms with Gasteiger partial charge in [0.2, 0.25) is 0 Å². The Bertz CT molecular complexity index is 594. The van der Waals surface area contributed by atoms with Gasteiger partial charge < -0.3 is 15.0 Å². The Morgan fingerprint density at radius 2 is 2.19 bits per heavy atom. The van der Waals surface area contributed by atoms with Crippen molar-refractivity contribution >= 4 is 11.9 Å². The molecule has 21 heavy (non-hydrogen) atoms. The van der Waals surface area contributed by atoms with Crippen molar-refractivity contribution in [1.82, 2.24) is 9.88 Å². The molecule has 1 atom stereocenters. The number of nitrogens with zero attached hydrogens (tertiary/aromatic N) is 1. The van der Waals surface area contributed by atoms with Gasteiger partial charge in [-0.1, -0.05) is 0 Å². The summed E-state index contributed by atoms with van der Waals surface area (Å²) < 4.78 is 0. The Balaban J connectivity index is 2.05. The molecule has 1 unspecified atom stereocenters. The second-order valence-electron chi connectivity index (χ2n) is 5.58. The number of piperidine rings is 1. The normalized spacial score (nSPS) is 18.5. The third kappa shape index (κ3) is 3.93. The molecular formula is C15H20N2O4. The van der Waals surface area contributed by atoms with Crippen molar-refractivity contribution in [3.63, 3.8) is 0 Å². The highest BCUT2D eigenvalue weighted by molar-refractivity contribution is 5.93. The first-order chi connectivity index (χ1) is 9.97. The van der Waals surface area contributed by atoms with Crippen molar-refractivity contribution in [2.45, 2.75) is 32.6 Å². The van der Waals surface area contributed by atoms with Crippen molar-refractivity contribution in [1.29, 1.82) is 0 Å². The molecule has 0 bridgehead atoms. The first-order valence-corrected chi connectivity index (χ1v) is 7.18. The molecule has 2 N–H and O–H groups in total. The van der Waals surface area contributed by atoms with Crippen molar-refractivity contribution in [2.75, 3.05) is 13.1 Å². The number of H-pyrrole nitrogens is 1. The van der Waals surface area contributed by atoms with Gasteiger partial charge in [-0.15, -0.1) is 0 Å². The van der Waals surface area contributed by atoms with E-state index in [1.54, 1.807) is 24.0 Å². The van der Waals surface area contributed by atoms with E-state index in [0.717, 1.165) is 18.5 Å². The molecule has 6 nitrogen and oxygen atoms in total. The molecule has 1 saturated heterocycles. The monoisotopic (exact) mass is 292 g/mol.